The summed E-state index contributed by atoms with van der Waals surface area (Å²) < 4.78 is 20.6. The summed E-state index contributed by atoms with van der Waals surface area (Å²) in [5, 5.41) is 0. The normalized spacial score (nSPS) is 12.2. The Kier molecular flexibility index (Phi) is 10.8. The molecule has 2 aromatic carbocycles. The van der Waals surface area contributed by atoms with Crippen LogP contribution >= 0.6 is 0 Å². The van der Waals surface area contributed by atoms with Crippen molar-refractivity contribution in [2.75, 3.05) is 6.61 Å². The molecule has 3 aromatic rings. The van der Waals surface area contributed by atoms with Gasteiger partial charge >= 0.3 is 0 Å². The molecule has 1 aromatic heterocycles. The molecule has 0 bridgehead atoms. The summed E-state index contributed by atoms with van der Waals surface area (Å²) in [7, 11) is 0. The number of hydrogen-bond acceptors (Lipinski definition) is 3. The van der Waals surface area contributed by atoms with Crippen LogP contribution in [0.5, 0.6) is 0 Å². The fourth-order valence-electron chi connectivity index (χ4n) is 3.89. The van der Waals surface area contributed by atoms with Crippen LogP contribution in [0.2, 0.25) is 0 Å². The highest BCUT2D eigenvalue weighted by molar-refractivity contribution is 5.70. The van der Waals surface area contributed by atoms with Crippen molar-refractivity contribution >= 4 is 6.08 Å². The number of allylic oxidation sites excluding steroid dienone is 2. The molecule has 3 nitrogen and oxygen atoms in total. The van der Waals surface area contributed by atoms with Gasteiger partial charge in [0, 0.05) is 36.5 Å². The van der Waals surface area contributed by atoms with Gasteiger partial charge in [-0.25, -0.2) is 14.4 Å². The third-order valence-electron chi connectivity index (χ3n) is 6.01. The third-order valence-corrected chi connectivity index (χ3v) is 6.01. The first-order valence-electron chi connectivity index (χ1n) is 12.7. The molecule has 184 valence electrons. The maximum atomic E-state index is 14.7. The zero-order chi connectivity index (χ0) is 24.9. The molecule has 0 saturated heterocycles. The van der Waals surface area contributed by atoms with Crippen LogP contribution in [-0.2, 0) is 11.2 Å². The Bertz CT molecular complexity index is 1070. The Morgan fingerprint density at radius 3 is 2.29 bits per heavy atom. The van der Waals surface area contributed by atoms with E-state index in [0.29, 0.717) is 12.0 Å². The van der Waals surface area contributed by atoms with Crippen molar-refractivity contribution in [1.82, 2.24) is 9.97 Å². The van der Waals surface area contributed by atoms with Crippen LogP contribution in [0.15, 0.2) is 73.6 Å². The Morgan fingerprint density at radius 2 is 1.63 bits per heavy atom. The fourth-order valence-corrected chi connectivity index (χ4v) is 3.89. The number of hydrogen-bond donors (Lipinski definition) is 0. The zero-order valence-corrected chi connectivity index (χ0v) is 21.1. The van der Waals surface area contributed by atoms with E-state index in [-0.39, 0.29) is 11.9 Å². The fraction of sp³-hybridized carbons (Fsp3) is 0.355. The number of unbranched alkanes of at least 4 members (excludes halogenated alkanes) is 3. The lowest BCUT2D eigenvalue weighted by molar-refractivity contribution is 0.0566. The molecule has 35 heavy (non-hydrogen) atoms. The first-order valence-corrected chi connectivity index (χ1v) is 12.7. The largest absolute Gasteiger partial charge is 0.379 e. The number of nitrogens with zero attached hydrogens (tertiary/aromatic N) is 2. The van der Waals surface area contributed by atoms with Crippen molar-refractivity contribution in [2.45, 2.75) is 64.9 Å². The second kappa shape index (κ2) is 14.3. The zero-order valence-electron chi connectivity index (χ0n) is 21.1. The van der Waals surface area contributed by atoms with Gasteiger partial charge in [-0.1, -0.05) is 74.4 Å². The molecule has 0 fully saturated rings. The van der Waals surface area contributed by atoms with Crippen LogP contribution in [0.4, 0.5) is 4.39 Å². The molecule has 0 aliphatic heterocycles. The molecular weight excluding hydrogens is 435 g/mol. The molecule has 4 heteroatoms. The third kappa shape index (κ3) is 8.56. The number of ether oxygens (including phenoxy) is 1. The highest BCUT2D eigenvalue weighted by Crippen LogP contribution is 2.26. The summed E-state index contributed by atoms with van der Waals surface area (Å²) in [5.74, 6) is 0.549. The van der Waals surface area contributed by atoms with E-state index in [4.69, 9.17) is 4.74 Å². The summed E-state index contributed by atoms with van der Waals surface area (Å²) in [6, 6.07) is 13.5. The molecule has 0 amide bonds. The summed E-state index contributed by atoms with van der Waals surface area (Å²) in [6.07, 6.45) is 16.9. The van der Waals surface area contributed by atoms with Gasteiger partial charge in [-0.3, -0.25) is 0 Å². The minimum atomic E-state index is -0.207. The average molecular weight is 473 g/mol. The van der Waals surface area contributed by atoms with E-state index < -0.39 is 0 Å². The molecule has 0 saturated carbocycles. The van der Waals surface area contributed by atoms with Gasteiger partial charge in [0.1, 0.15) is 11.6 Å². The van der Waals surface area contributed by atoms with E-state index >= 15 is 0 Å². The van der Waals surface area contributed by atoms with E-state index in [9.17, 15) is 4.39 Å². The predicted octanol–water partition coefficient (Wildman–Crippen LogP) is 8.46. The number of aromatic nitrogens is 2. The maximum absolute atomic E-state index is 14.7. The molecule has 0 N–H and O–H groups in total. The number of halogens is 1. The molecule has 0 spiro atoms. The lowest BCUT2D eigenvalue weighted by Gasteiger charge is -2.12. The topological polar surface area (TPSA) is 35.0 Å². The SMILES string of the molecule is C=CCc1ncc(-c2ccc(-c3ccc(/C=C/CCCC(C)OCCCCC)c(F)c3)cc2)cn1. The second-order valence-corrected chi connectivity index (χ2v) is 8.92. The molecule has 1 atom stereocenters. The standard InChI is InChI=1S/C31H37FN2O/c1-4-6-10-20-35-24(3)12-8-7-9-13-27-18-19-28(21-30(27)32)25-14-16-26(17-15-25)29-22-33-31(11-5-2)34-23-29/h5,9,13-19,21-24H,2,4,6-8,10-12,20H2,1,3H3/b13-9+. The Balaban J connectivity index is 1.51. The van der Waals surface area contributed by atoms with Crippen LogP contribution in [0.1, 0.15) is 63.8 Å². The first-order chi connectivity index (χ1) is 17.1. The van der Waals surface area contributed by atoms with Crippen molar-refractivity contribution in [3.8, 4) is 22.3 Å². The summed E-state index contributed by atoms with van der Waals surface area (Å²) in [5.41, 5.74) is 4.43. The van der Waals surface area contributed by atoms with Crippen LogP contribution in [0, 0.1) is 5.82 Å². The molecule has 3 rings (SSSR count). The van der Waals surface area contributed by atoms with E-state index in [1.807, 2.05) is 54.9 Å². The molecule has 0 aliphatic rings. The molecule has 0 aliphatic carbocycles. The van der Waals surface area contributed by atoms with Gasteiger partial charge in [0.05, 0.1) is 6.10 Å². The van der Waals surface area contributed by atoms with E-state index in [1.54, 1.807) is 12.1 Å². The van der Waals surface area contributed by atoms with Gasteiger partial charge in [0.2, 0.25) is 0 Å². The van der Waals surface area contributed by atoms with Crippen molar-refractivity contribution in [2.24, 2.45) is 0 Å². The number of benzene rings is 2. The van der Waals surface area contributed by atoms with Crippen molar-refractivity contribution in [3.05, 3.63) is 90.8 Å². The second-order valence-electron chi connectivity index (χ2n) is 8.92. The van der Waals surface area contributed by atoms with E-state index in [0.717, 1.165) is 60.4 Å². The van der Waals surface area contributed by atoms with E-state index in [1.165, 1.54) is 12.8 Å². The summed E-state index contributed by atoms with van der Waals surface area (Å²) in [4.78, 5) is 8.73. The average Bonchev–Trinajstić information content (AvgIpc) is 2.88. The highest BCUT2D eigenvalue weighted by Gasteiger charge is 2.06. The summed E-state index contributed by atoms with van der Waals surface area (Å²) in [6.45, 7) is 8.90. The van der Waals surface area contributed by atoms with Gasteiger partial charge in [0.25, 0.3) is 0 Å². The van der Waals surface area contributed by atoms with Crippen molar-refractivity contribution < 1.29 is 9.13 Å². The van der Waals surface area contributed by atoms with Crippen molar-refractivity contribution in [3.63, 3.8) is 0 Å². The summed E-state index contributed by atoms with van der Waals surface area (Å²) >= 11 is 0. The number of rotatable bonds is 14. The lowest BCUT2D eigenvalue weighted by atomic mass is 10.00. The Hall–Kier alpha value is -3.11. The molecular formula is C31H37FN2O. The quantitative estimate of drug-likeness (QED) is 0.174. The molecule has 1 heterocycles. The minimum Gasteiger partial charge on any atom is -0.379 e. The van der Waals surface area contributed by atoms with E-state index in [2.05, 4.69) is 36.5 Å². The van der Waals surface area contributed by atoms with Gasteiger partial charge in [-0.05, 0) is 55.4 Å². The van der Waals surface area contributed by atoms with Gasteiger partial charge in [-0.15, -0.1) is 6.58 Å². The Labute approximate surface area is 209 Å². The van der Waals surface area contributed by atoms with Crippen LogP contribution < -0.4 is 0 Å². The minimum absolute atomic E-state index is 0.207. The Morgan fingerprint density at radius 1 is 0.943 bits per heavy atom. The maximum Gasteiger partial charge on any atom is 0.131 e. The molecule has 0 radical (unpaired) electrons. The van der Waals surface area contributed by atoms with Gasteiger partial charge in [0.15, 0.2) is 0 Å². The monoisotopic (exact) mass is 472 g/mol. The van der Waals surface area contributed by atoms with Crippen LogP contribution in [-0.4, -0.2) is 22.7 Å². The highest BCUT2D eigenvalue weighted by atomic mass is 19.1. The van der Waals surface area contributed by atoms with Crippen LogP contribution in [0.25, 0.3) is 28.3 Å². The van der Waals surface area contributed by atoms with Crippen LogP contribution in [0.3, 0.4) is 0 Å². The van der Waals surface area contributed by atoms with Gasteiger partial charge < -0.3 is 4.74 Å². The molecule has 1 unspecified atom stereocenters. The predicted molar refractivity (Wildman–Crippen MR) is 145 cm³/mol. The smallest absolute Gasteiger partial charge is 0.131 e. The van der Waals surface area contributed by atoms with Crippen molar-refractivity contribution in [1.29, 1.82) is 0 Å². The first kappa shape index (κ1) is 26.5. The lowest BCUT2D eigenvalue weighted by Crippen LogP contribution is -2.08. The van der Waals surface area contributed by atoms with Gasteiger partial charge in [-0.2, -0.15) is 0 Å².